The van der Waals surface area contributed by atoms with E-state index in [0.717, 1.165) is 28.4 Å². The summed E-state index contributed by atoms with van der Waals surface area (Å²) < 4.78 is 10.6. The molecule has 0 aliphatic carbocycles. The van der Waals surface area contributed by atoms with Gasteiger partial charge >= 0.3 is 0 Å². The lowest BCUT2D eigenvalue weighted by molar-refractivity contribution is -0.114. The predicted molar refractivity (Wildman–Crippen MR) is 80.6 cm³/mol. The van der Waals surface area contributed by atoms with E-state index in [2.05, 4.69) is 10.6 Å². The first-order valence-electron chi connectivity index (χ1n) is 6.71. The van der Waals surface area contributed by atoms with E-state index in [-0.39, 0.29) is 12.7 Å². The highest BCUT2D eigenvalue weighted by atomic mass is 16.7. The Bertz CT molecular complexity index is 653. The summed E-state index contributed by atoms with van der Waals surface area (Å²) in [5, 5.41) is 6.07. The van der Waals surface area contributed by atoms with Gasteiger partial charge in [0.05, 0.1) is 0 Å². The van der Waals surface area contributed by atoms with Gasteiger partial charge in [-0.2, -0.15) is 0 Å². The first-order valence-corrected chi connectivity index (χ1v) is 6.71. The third-order valence-corrected chi connectivity index (χ3v) is 3.14. The van der Waals surface area contributed by atoms with E-state index in [1.165, 1.54) is 6.92 Å². The van der Waals surface area contributed by atoms with Gasteiger partial charge in [0.2, 0.25) is 12.7 Å². The second kappa shape index (κ2) is 5.75. The first kappa shape index (κ1) is 13.3. The Hall–Kier alpha value is -2.69. The number of amides is 1. The van der Waals surface area contributed by atoms with Crippen LogP contribution in [0.2, 0.25) is 0 Å². The maximum absolute atomic E-state index is 11.0. The van der Waals surface area contributed by atoms with Gasteiger partial charge in [-0.25, -0.2) is 0 Å². The van der Waals surface area contributed by atoms with Crippen LogP contribution in [-0.4, -0.2) is 12.7 Å². The number of carbonyl (C=O) groups is 1. The number of hydrogen-bond acceptors (Lipinski definition) is 4. The number of anilines is 2. The Kier molecular flexibility index (Phi) is 3.64. The molecule has 2 aromatic rings. The number of hydrogen-bond donors (Lipinski definition) is 2. The summed E-state index contributed by atoms with van der Waals surface area (Å²) in [6.07, 6.45) is 0. The minimum absolute atomic E-state index is 0.0683. The Morgan fingerprint density at radius 2 is 1.76 bits per heavy atom. The van der Waals surface area contributed by atoms with Crippen molar-refractivity contribution in [3.05, 3.63) is 48.0 Å². The van der Waals surface area contributed by atoms with Gasteiger partial charge in [0.15, 0.2) is 11.5 Å². The van der Waals surface area contributed by atoms with Crippen LogP contribution in [0.25, 0.3) is 0 Å². The number of ether oxygens (including phenoxy) is 2. The van der Waals surface area contributed by atoms with Crippen molar-refractivity contribution in [2.24, 2.45) is 0 Å². The summed E-state index contributed by atoms with van der Waals surface area (Å²) in [4.78, 5) is 11.0. The molecular weight excluding hydrogens is 268 g/mol. The van der Waals surface area contributed by atoms with E-state index in [1.807, 2.05) is 42.5 Å². The molecule has 2 N–H and O–H groups in total. The molecule has 0 unspecified atom stereocenters. The van der Waals surface area contributed by atoms with Gasteiger partial charge in [0.25, 0.3) is 0 Å². The predicted octanol–water partition coefficient (Wildman–Crippen LogP) is 2.99. The number of benzene rings is 2. The summed E-state index contributed by atoms with van der Waals surface area (Å²) in [5.74, 6) is 1.47. The molecule has 3 rings (SSSR count). The second-order valence-electron chi connectivity index (χ2n) is 4.80. The molecule has 0 radical (unpaired) electrons. The maximum atomic E-state index is 11.0. The highest BCUT2D eigenvalue weighted by Crippen LogP contribution is 2.34. The average Bonchev–Trinajstić information content (AvgIpc) is 2.93. The van der Waals surface area contributed by atoms with Crippen LogP contribution in [0.15, 0.2) is 42.5 Å². The van der Waals surface area contributed by atoms with E-state index < -0.39 is 0 Å². The van der Waals surface area contributed by atoms with E-state index in [9.17, 15) is 4.79 Å². The molecule has 21 heavy (non-hydrogen) atoms. The fraction of sp³-hybridized carbons (Fsp3) is 0.188. The molecule has 0 fully saturated rings. The zero-order valence-corrected chi connectivity index (χ0v) is 11.7. The summed E-state index contributed by atoms with van der Waals surface area (Å²) >= 11 is 0. The van der Waals surface area contributed by atoms with Gasteiger partial charge in [-0.1, -0.05) is 12.1 Å². The Morgan fingerprint density at radius 3 is 2.52 bits per heavy atom. The summed E-state index contributed by atoms with van der Waals surface area (Å²) in [7, 11) is 0. The van der Waals surface area contributed by atoms with Crippen molar-refractivity contribution >= 4 is 17.3 Å². The van der Waals surface area contributed by atoms with Crippen molar-refractivity contribution in [1.82, 2.24) is 0 Å². The molecule has 5 heteroatoms. The van der Waals surface area contributed by atoms with Crippen LogP contribution in [0.3, 0.4) is 0 Å². The van der Waals surface area contributed by atoms with E-state index in [0.29, 0.717) is 6.54 Å². The average molecular weight is 284 g/mol. The molecule has 0 saturated carbocycles. The van der Waals surface area contributed by atoms with Gasteiger partial charge in [-0.05, 0) is 29.8 Å². The normalized spacial score (nSPS) is 12.0. The standard InChI is InChI=1S/C16H16N2O3/c1-11(19)18-13-4-2-12(3-5-13)9-17-14-6-7-15-16(8-14)21-10-20-15/h2-8,17H,9-10H2,1H3,(H,18,19). The topological polar surface area (TPSA) is 59.6 Å². The van der Waals surface area contributed by atoms with Gasteiger partial charge < -0.3 is 20.1 Å². The van der Waals surface area contributed by atoms with Crippen LogP contribution in [0, 0.1) is 0 Å². The molecular formula is C16H16N2O3. The molecule has 0 saturated heterocycles. The molecule has 0 bridgehead atoms. The SMILES string of the molecule is CC(=O)Nc1ccc(CNc2ccc3c(c2)OCO3)cc1. The maximum Gasteiger partial charge on any atom is 0.231 e. The number of fused-ring (bicyclic) bond motifs is 1. The van der Waals surface area contributed by atoms with Crippen molar-refractivity contribution in [2.75, 3.05) is 17.4 Å². The van der Waals surface area contributed by atoms with Gasteiger partial charge in [0, 0.05) is 30.9 Å². The lowest BCUT2D eigenvalue weighted by Crippen LogP contribution is -2.06. The molecule has 1 amide bonds. The summed E-state index contributed by atoms with van der Waals surface area (Å²) in [5.41, 5.74) is 2.90. The van der Waals surface area contributed by atoms with Crippen LogP contribution >= 0.6 is 0 Å². The second-order valence-corrected chi connectivity index (χ2v) is 4.80. The number of rotatable bonds is 4. The van der Waals surface area contributed by atoms with Crippen molar-refractivity contribution in [3.8, 4) is 11.5 Å². The molecule has 5 nitrogen and oxygen atoms in total. The molecule has 2 aromatic carbocycles. The van der Waals surface area contributed by atoms with E-state index in [1.54, 1.807) is 0 Å². The Balaban J connectivity index is 1.61. The van der Waals surface area contributed by atoms with Crippen molar-refractivity contribution in [2.45, 2.75) is 13.5 Å². The smallest absolute Gasteiger partial charge is 0.231 e. The monoisotopic (exact) mass is 284 g/mol. The van der Waals surface area contributed by atoms with Gasteiger partial charge in [-0.3, -0.25) is 4.79 Å². The Labute approximate surface area is 122 Å². The third kappa shape index (κ3) is 3.25. The number of nitrogens with one attached hydrogen (secondary N) is 2. The molecule has 0 spiro atoms. The van der Waals surface area contributed by atoms with Gasteiger partial charge in [0.1, 0.15) is 0 Å². The highest BCUT2D eigenvalue weighted by Gasteiger charge is 2.12. The fourth-order valence-electron chi connectivity index (χ4n) is 2.12. The lowest BCUT2D eigenvalue weighted by Gasteiger charge is -2.08. The molecule has 108 valence electrons. The first-order chi connectivity index (χ1) is 10.2. The van der Waals surface area contributed by atoms with Crippen LogP contribution < -0.4 is 20.1 Å². The summed E-state index contributed by atoms with van der Waals surface area (Å²) in [6.45, 7) is 2.47. The lowest BCUT2D eigenvalue weighted by atomic mass is 10.2. The third-order valence-electron chi connectivity index (χ3n) is 3.14. The number of carbonyl (C=O) groups excluding carboxylic acids is 1. The van der Waals surface area contributed by atoms with Gasteiger partial charge in [-0.15, -0.1) is 0 Å². The molecule has 1 aliphatic rings. The fourth-order valence-corrected chi connectivity index (χ4v) is 2.12. The van der Waals surface area contributed by atoms with Crippen LogP contribution in [0.1, 0.15) is 12.5 Å². The molecule has 0 atom stereocenters. The van der Waals surface area contributed by atoms with Crippen LogP contribution in [0.5, 0.6) is 11.5 Å². The van der Waals surface area contributed by atoms with Crippen LogP contribution in [0.4, 0.5) is 11.4 Å². The zero-order chi connectivity index (χ0) is 14.7. The highest BCUT2D eigenvalue weighted by molar-refractivity contribution is 5.88. The van der Waals surface area contributed by atoms with Crippen molar-refractivity contribution in [3.63, 3.8) is 0 Å². The Morgan fingerprint density at radius 1 is 1.05 bits per heavy atom. The largest absolute Gasteiger partial charge is 0.454 e. The molecule has 1 aliphatic heterocycles. The van der Waals surface area contributed by atoms with E-state index >= 15 is 0 Å². The zero-order valence-electron chi connectivity index (χ0n) is 11.7. The minimum atomic E-state index is -0.0683. The molecule has 0 aromatic heterocycles. The van der Waals surface area contributed by atoms with Crippen molar-refractivity contribution in [1.29, 1.82) is 0 Å². The van der Waals surface area contributed by atoms with Crippen LogP contribution in [-0.2, 0) is 11.3 Å². The minimum Gasteiger partial charge on any atom is -0.454 e. The quantitative estimate of drug-likeness (QED) is 0.906. The summed E-state index contributed by atoms with van der Waals surface area (Å²) in [6, 6.07) is 13.5. The molecule has 1 heterocycles. The van der Waals surface area contributed by atoms with Crippen molar-refractivity contribution < 1.29 is 14.3 Å². The van der Waals surface area contributed by atoms with E-state index in [4.69, 9.17) is 9.47 Å².